The minimum Gasteiger partial charge on any atom is -0.339 e. The molecule has 0 radical (unpaired) electrons. The van der Waals surface area contributed by atoms with Gasteiger partial charge in [-0.25, -0.2) is 0 Å². The van der Waals surface area contributed by atoms with E-state index in [0.717, 1.165) is 11.8 Å². The van der Waals surface area contributed by atoms with Crippen LogP contribution in [0.3, 0.4) is 0 Å². The highest BCUT2D eigenvalue weighted by atomic mass is 79.9. The summed E-state index contributed by atoms with van der Waals surface area (Å²) in [5, 5.41) is 0.788. The van der Waals surface area contributed by atoms with Gasteiger partial charge in [0, 0.05) is 17.9 Å². The summed E-state index contributed by atoms with van der Waals surface area (Å²) in [7, 11) is 1.89. The van der Waals surface area contributed by atoms with Crippen LogP contribution >= 0.6 is 15.9 Å². The van der Waals surface area contributed by atoms with Crippen LogP contribution in [-0.4, -0.2) is 28.7 Å². The third kappa shape index (κ3) is 2.13. The van der Waals surface area contributed by atoms with E-state index in [1.54, 1.807) is 0 Å². The number of amides is 1. The van der Waals surface area contributed by atoms with E-state index in [9.17, 15) is 4.79 Å². The van der Waals surface area contributed by atoms with Gasteiger partial charge in [-0.05, 0) is 31.4 Å². The summed E-state index contributed by atoms with van der Waals surface area (Å²) in [5.74, 6) is 0.294. The largest absolute Gasteiger partial charge is 0.339 e. The summed E-state index contributed by atoms with van der Waals surface area (Å²) in [6, 6.07) is 8.21. The molecule has 3 heteroatoms. The molecule has 0 aliphatic heterocycles. The third-order valence-corrected chi connectivity index (χ3v) is 5.09. The van der Waals surface area contributed by atoms with E-state index in [0.29, 0.717) is 0 Å². The summed E-state index contributed by atoms with van der Waals surface area (Å²) < 4.78 is 0. The molecule has 2 rings (SSSR count). The van der Waals surface area contributed by atoms with Gasteiger partial charge in [-0.15, -0.1) is 0 Å². The fraction of sp³-hybridized carbons (Fsp3) is 0.500. The predicted molar refractivity (Wildman–Crippen MR) is 73.5 cm³/mol. The molecule has 1 unspecified atom stereocenters. The fourth-order valence-corrected chi connectivity index (χ4v) is 2.48. The fourth-order valence-electron chi connectivity index (χ4n) is 2.10. The van der Waals surface area contributed by atoms with Gasteiger partial charge < -0.3 is 4.90 Å². The number of alkyl halides is 1. The van der Waals surface area contributed by atoms with Crippen LogP contribution in [0.4, 0.5) is 0 Å². The Morgan fingerprint density at radius 3 is 2.71 bits per heavy atom. The molecule has 1 aromatic carbocycles. The van der Waals surface area contributed by atoms with Gasteiger partial charge in [-0.2, -0.15) is 0 Å². The average molecular weight is 296 g/mol. The van der Waals surface area contributed by atoms with Crippen molar-refractivity contribution in [1.82, 2.24) is 4.90 Å². The van der Waals surface area contributed by atoms with Crippen LogP contribution in [0.2, 0.25) is 0 Å². The number of likely N-dealkylation sites (N-methyl/N-ethyl adjacent to an activating group) is 1. The van der Waals surface area contributed by atoms with Crippen molar-refractivity contribution in [2.45, 2.75) is 31.7 Å². The summed E-state index contributed by atoms with van der Waals surface area (Å²) in [4.78, 5) is 14.3. The van der Waals surface area contributed by atoms with Gasteiger partial charge in [-0.3, -0.25) is 4.79 Å². The van der Waals surface area contributed by atoms with Crippen LogP contribution in [0.15, 0.2) is 24.3 Å². The first kappa shape index (κ1) is 12.6. The van der Waals surface area contributed by atoms with Crippen LogP contribution in [0.25, 0.3) is 0 Å². The first-order valence-corrected chi connectivity index (χ1v) is 7.01. The quantitative estimate of drug-likeness (QED) is 0.785. The highest BCUT2D eigenvalue weighted by Crippen LogP contribution is 2.37. The Morgan fingerprint density at radius 2 is 2.12 bits per heavy atom. The normalized spacial score (nSPS) is 18.2. The molecular weight excluding hydrogens is 278 g/mol. The lowest BCUT2D eigenvalue weighted by molar-refractivity contribution is -0.136. The van der Waals surface area contributed by atoms with Crippen LogP contribution in [-0.2, 0) is 11.2 Å². The predicted octanol–water partition coefficient (Wildman–Crippen LogP) is 2.96. The van der Waals surface area contributed by atoms with E-state index in [4.69, 9.17) is 0 Å². The summed E-state index contributed by atoms with van der Waals surface area (Å²) in [5.41, 5.74) is 2.38. The molecule has 0 aromatic heterocycles. The van der Waals surface area contributed by atoms with Crippen LogP contribution < -0.4 is 0 Å². The van der Waals surface area contributed by atoms with Crippen molar-refractivity contribution < 1.29 is 4.79 Å². The van der Waals surface area contributed by atoms with Crippen molar-refractivity contribution in [3.05, 3.63) is 35.4 Å². The molecular formula is C14H18BrNO. The Morgan fingerprint density at radius 1 is 1.47 bits per heavy atom. The number of halogens is 1. The number of hydrogen-bond donors (Lipinski definition) is 0. The Balaban J connectivity index is 2.14. The molecule has 0 heterocycles. The first-order chi connectivity index (χ1) is 7.97. The SMILES string of the molecule is CN(C(=O)C1Cc2ccccc21)C(C)(C)CBr. The Kier molecular flexibility index (Phi) is 3.30. The van der Waals surface area contributed by atoms with Crippen molar-refractivity contribution in [3.63, 3.8) is 0 Å². The van der Waals surface area contributed by atoms with Crippen LogP contribution in [0.5, 0.6) is 0 Å². The molecule has 0 saturated carbocycles. The molecule has 1 aliphatic carbocycles. The number of fused-ring (bicyclic) bond motifs is 1. The zero-order chi connectivity index (χ0) is 12.6. The third-order valence-electron chi connectivity index (χ3n) is 3.72. The second-order valence-corrected chi connectivity index (χ2v) is 5.86. The van der Waals surface area contributed by atoms with Crippen molar-refractivity contribution in [2.24, 2.45) is 0 Å². The number of carbonyl (C=O) groups is 1. The van der Waals surface area contributed by atoms with Gasteiger partial charge in [0.2, 0.25) is 5.91 Å². The summed E-state index contributed by atoms with van der Waals surface area (Å²) in [6.07, 6.45) is 0.887. The van der Waals surface area contributed by atoms with Crippen molar-refractivity contribution >= 4 is 21.8 Å². The number of benzene rings is 1. The van der Waals surface area contributed by atoms with Gasteiger partial charge in [0.15, 0.2) is 0 Å². The highest BCUT2D eigenvalue weighted by Gasteiger charge is 2.37. The van der Waals surface area contributed by atoms with E-state index in [-0.39, 0.29) is 17.4 Å². The smallest absolute Gasteiger partial charge is 0.230 e. The van der Waals surface area contributed by atoms with Gasteiger partial charge >= 0.3 is 0 Å². The summed E-state index contributed by atoms with van der Waals surface area (Å²) >= 11 is 3.47. The van der Waals surface area contributed by atoms with E-state index in [1.165, 1.54) is 11.1 Å². The number of nitrogens with zero attached hydrogens (tertiary/aromatic N) is 1. The molecule has 0 N–H and O–H groups in total. The van der Waals surface area contributed by atoms with Crippen LogP contribution in [0, 0.1) is 0 Å². The zero-order valence-electron chi connectivity index (χ0n) is 10.5. The Bertz CT molecular complexity index is 442. The maximum atomic E-state index is 12.4. The maximum Gasteiger partial charge on any atom is 0.230 e. The molecule has 1 atom stereocenters. The highest BCUT2D eigenvalue weighted by molar-refractivity contribution is 9.09. The Hall–Kier alpha value is -0.830. The second-order valence-electron chi connectivity index (χ2n) is 5.30. The first-order valence-electron chi connectivity index (χ1n) is 5.89. The van der Waals surface area contributed by atoms with E-state index >= 15 is 0 Å². The molecule has 0 spiro atoms. The zero-order valence-corrected chi connectivity index (χ0v) is 12.1. The molecule has 1 amide bonds. The van der Waals surface area contributed by atoms with Gasteiger partial charge in [0.05, 0.1) is 5.92 Å². The van der Waals surface area contributed by atoms with E-state index in [2.05, 4.69) is 41.9 Å². The van der Waals surface area contributed by atoms with Gasteiger partial charge in [-0.1, -0.05) is 40.2 Å². The molecule has 1 aliphatic rings. The van der Waals surface area contributed by atoms with Gasteiger partial charge in [0.25, 0.3) is 0 Å². The molecule has 0 saturated heterocycles. The molecule has 0 bridgehead atoms. The van der Waals surface area contributed by atoms with Crippen molar-refractivity contribution in [1.29, 1.82) is 0 Å². The lowest BCUT2D eigenvalue weighted by atomic mass is 9.76. The number of hydrogen-bond acceptors (Lipinski definition) is 1. The maximum absolute atomic E-state index is 12.4. The lowest BCUT2D eigenvalue weighted by Gasteiger charge is -2.39. The minimum absolute atomic E-state index is 0.0644. The Labute approximate surface area is 111 Å². The van der Waals surface area contributed by atoms with Crippen LogP contribution in [0.1, 0.15) is 30.9 Å². The van der Waals surface area contributed by atoms with Crippen molar-refractivity contribution in [2.75, 3.05) is 12.4 Å². The van der Waals surface area contributed by atoms with E-state index < -0.39 is 0 Å². The standard InChI is InChI=1S/C14H18BrNO/c1-14(2,9-15)16(3)13(17)12-8-10-6-4-5-7-11(10)12/h4-7,12H,8-9H2,1-3H3. The monoisotopic (exact) mass is 295 g/mol. The molecule has 0 fully saturated rings. The topological polar surface area (TPSA) is 20.3 Å². The molecule has 1 aromatic rings. The average Bonchev–Trinajstić information content (AvgIpc) is 2.29. The van der Waals surface area contributed by atoms with E-state index in [1.807, 2.05) is 24.1 Å². The lowest BCUT2D eigenvalue weighted by Crippen LogP contribution is -2.49. The van der Waals surface area contributed by atoms with Crippen molar-refractivity contribution in [3.8, 4) is 0 Å². The number of rotatable bonds is 3. The van der Waals surface area contributed by atoms with Gasteiger partial charge in [0.1, 0.15) is 0 Å². The number of carbonyl (C=O) groups excluding carboxylic acids is 1. The molecule has 92 valence electrons. The molecule has 2 nitrogen and oxygen atoms in total. The second kappa shape index (κ2) is 4.45. The summed E-state index contributed by atoms with van der Waals surface area (Å²) in [6.45, 7) is 4.15. The molecule has 17 heavy (non-hydrogen) atoms. The minimum atomic E-state index is -0.137.